The zero-order valence-electron chi connectivity index (χ0n) is 13.7. The van der Waals surface area contributed by atoms with Crippen molar-refractivity contribution in [2.24, 2.45) is 0 Å². The van der Waals surface area contributed by atoms with Crippen LogP contribution in [-0.2, 0) is 0 Å². The molecule has 0 spiro atoms. The fraction of sp³-hybridized carbons (Fsp3) is 0.0500. The Hall–Kier alpha value is -3.47. The van der Waals surface area contributed by atoms with E-state index in [9.17, 15) is 0 Å². The van der Waals surface area contributed by atoms with Crippen molar-refractivity contribution in [2.45, 2.75) is 0 Å². The lowest BCUT2D eigenvalue weighted by Crippen LogP contribution is -2.00. The first-order valence-electron chi connectivity index (χ1n) is 7.92. The van der Waals surface area contributed by atoms with Crippen molar-refractivity contribution in [3.63, 3.8) is 0 Å². The summed E-state index contributed by atoms with van der Waals surface area (Å²) in [5.74, 6) is 2.12. The van der Waals surface area contributed by atoms with E-state index in [0.717, 1.165) is 33.7 Å². The van der Waals surface area contributed by atoms with Crippen molar-refractivity contribution in [3.05, 3.63) is 73.1 Å². The van der Waals surface area contributed by atoms with Crippen LogP contribution in [-0.4, -0.2) is 22.1 Å². The van der Waals surface area contributed by atoms with Crippen LogP contribution in [0.25, 0.3) is 22.3 Å². The lowest BCUT2D eigenvalue weighted by Gasteiger charge is -2.12. The van der Waals surface area contributed by atoms with Crippen molar-refractivity contribution < 1.29 is 4.74 Å². The Labute approximate surface area is 145 Å². The van der Waals surface area contributed by atoms with E-state index in [1.54, 1.807) is 19.5 Å². The molecule has 0 aliphatic rings. The first-order chi connectivity index (χ1) is 12.3. The van der Waals surface area contributed by atoms with Crippen molar-refractivity contribution >= 4 is 22.4 Å². The topological polar surface area (TPSA) is 59.9 Å². The molecule has 0 fully saturated rings. The van der Waals surface area contributed by atoms with Gasteiger partial charge in [0.25, 0.3) is 0 Å². The minimum absolute atomic E-state index is 0.629. The summed E-state index contributed by atoms with van der Waals surface area (Å²) in [6.07, 6.45) is 3.50. The molecule has 25 heavy (non-hydrogen) atoms. The summed E-state index contributed by atoms with van der Waals surface area (Å²) in [5.41, 5.74) is 2.67. The molecule has 4 aromatic rings. The van der Waals surface area contributed by atoms with Crippen LogP contribution in [0.3, 0.4) is 0 Å². The zero-order chi connectivity index (χ0) is 17.1. The summed E-state index contributed by atoms with van der Waals surface area (Å²) >= 11 is 0. The molecular formula is C20H16N4O. The zero-order valence-corrected chi connectivity index (χ0v) is 13.7. The van der Waals surface area contributed by atoms with Gasteiger partial charge in [0, 0.05) is 29.0 Å². The molecule has 0 amide bonds. The van der Waals surface area contributed by atoms with Crippen molar-refractivity contribution in [1.82, 2.24) is 15.0 Å². The SMILES string of the molecule is COc1ccc2nc(-c3cccnc3)nc(Nc3ccccc3)c2c1. The number of nitrogens with one attached hydrogen (secondary N) is 1. The molecular weight excluding hydrogens is 312 g/mol. The largest absolute Gasteiger partial charge is 0.497 e. The number of pyridine rings is 1. The van der Waals surface area contributed by atoms with Crippen LogP contribution in [0, 0.1) is 0 Å². The molecule has 4 rings (SSSR count). The predicted octanol–water partition coefficient (Wildman–Crippen LogP) is 4.44. The van der Waals surface area contributed by atoms with Gasteiger partial charge in [0.05, 0.1) is 12.6 Å². The van der Waals surface area contributed by atoms with Gasteiger partial charge in [-0.15, -0.1) is 0 Å². The lowest BCUT2D eigenvalue weighted by molar-refractivity contribution is 0.415. The quantitative estimate of drug-likeness (QED) is 0.600. The number of aromatic nitrogens is 3. The van der Waals surface area contributed by atoms with Gasteiger partial charge < -0.3 is 10.1 Å². The second-order valence-electron chi connectivity index (χ2n) is 5.51. The van der Waals surface area contributed by atoms with Crippen LogP contribution in [0.1, 0.15) is 0 Å². The Morgan fingerprint density at radius 3 is 2.56 bits per heavy atom. The summed E-state index contributed by atoms with van der Waals surface area (Å²) in [6.45, 7) is 0. The lowest BCUT2D eigenvalue weighted by atomic mass is 10.2. The molecule has 0 saturated heterocycles. The third-order valence-electron chi connectivity index (χ3n) is 3.86. The number of para-hydroxylation sites is 1. The fourth-order valence-corrected chi connectivity index (χ4v) is 2.61. The standard InChI is InChI=1S/C20H16N4O/c1-25-16-9-10-18-17(12-16)20(22-15-7-3-2-4-8-15)24-19(23-18)14-6-5-11-21-13-14/h2-13H,1H3,(H,22,23,24). The molecule has 0 bridgehead atoms. The van der Waals surface area contributed by atoms with E-state index in [1.165, 1.54) is 0 Å². The highest BCUT2D eigenvalue weighted by Gasteiger charge is 2.11. The normalized spacial score (nSPS) is 10.6. The minimum atomic E-state index is 0.629. The van der Waals surface area contributed by atoms with E-state index in [2.05, 4.69) is 15.3 Å². The number of rotatable bonds is 4. The van der Waals surface area contributed by atoms with E-state index in [4.69, 9.17) is 9.72 Å². The number of fused-ring (bicyclic) bond motifs is 1. The van der Waals surface area contributed by atoms with E-state index in [0.29, 0.717) is 5.82 Å². The van der Waals surface area contributed by atoms with E-state index < -0.39 is 0 Å². The summed E-state index contributed by atoms with van der Waals surface area (Å²) in [7, 11) is 1.65. The molecule has 0 saturated carbocycles. The van der Waals surface area contributed by atoms with Gasteiger partial charge in [0.2, 0.25) is 0 Å². The van der Waals surface area contributed by atoms with Crippen LogP contribution in [0.15, 0.2) is 73.1 Å². The van der Waals surface area contributed by atoms with Gasteiger partial charge in [-0.25, -0.2) is 9.97 Å². The van der Waals surface area contributed by atoms with Gasteiger partial charge in [-0.2, -0.15) is 0 Å². The number of hydrogen-bond donors (Lipinski definition) is 1. The summed E-state index contributed by atoms with van der Waals surface area (Å²) in [5, 5.41) is 4.28. The summed E-state index contributed by atoms with van der Waals surface area (Å²) in [4.78, 5) is 13.6. The van der Waals surface area contributed by atoms with Gasteiger partial charge in [-0.05, 0) is 42.5 Å². The van der Waals surface area contributed by atoms with Crippen molar-refractivity contribution in [3.8, 4) is 17.1 Å². The van der Waals surface area contributed by atoms with E-state index in [1.807, 2.05) is 60.7 Å². The highest BCUT2D eigenvalue weighted by atomic mass is 16.5. The van der Waals surface area contributed by atoms with Crippen LogP contribution in [0.2, 0.25) is 0 Å². The summed E-state index contributed by atoms with van der Waals surface area (Å²) < 4.78 is 5.35. The molecule has 0 atom stereocenters. The molecule has 5 nitrogen and oxygen atoms in total. The molecule has 0 aliphatic heterocycles. The van der Waals surface area contributed by atoms with Gasteiger partial charge in [-0.1, -0.05) is 18.2 Å². The molecule has 2 aromatic heterocycles. The number of ether oxygens (including phenoxy) is 1. The molecule has 0 radical (unpaired) electrons. The maximum atomic E-state index is 5.35. The molecule has 2 heterocycles. The molecule has 0 aliphatic carbocycles. The molecule has 0 unspecified atom stereocenters. The molecule has 122 valence electrons. The Bertz CT molecular complexity index is 1000. The smallest absolute Gasteiger partial charge is 0.163 e. The highest BCUT2D eigenvalue weighted by molar-refractivity contribution is 5.93. The minimum Gasteiger partial charge on any atom is -0.497 e. The molecule has 2 aromatic carbocycles. The summed E-state index contributed by atoms with van der Waals surface area (Å²) in [6, 6.07) is 19.5. The first-order valence-corrected chi connectivity index (χ1v) is 7.92. The van der Waals surface area contributed by atoms with E-state index in [-0.39, 0.29) is 0 Å². The third-order valence-corrected chi connectivity index (χ3v) is 3.86. The second kappa shape index (κ2) is 6.57. The highest BCUT2D eigenvalue weighted by Crippen LogP contribution is 2.29. The number of methoxy groups -OCH3 is 1. The Morgan fingerprint density at radius 1 is 0.920 bits per heavy atom. The van der Waals surface area contributed by atoms with Crippen LogP contribution in [0.4, 0.5) is 11.5 Å². The van der Waals surface area contributed by atoms with Crippen LogP contribution in [0.5, 0.6) is 5.75 Å². The molecule has 5 heteroatoms. The maximum Gasteiger partial charge on any atom is 0.163 e. The average Bonchev–Trinajstić information content (AvgIpc) is 2.69. The van der Waals surface area contributed by atoms with Gasteiger partial charge in [-0.3, -0.25) is 4.98 Å². The first kappa shape index (κ1) is 15.1. The number of hydrogen-bond acceptors (Lipinski definition) is 5. The Kier molecular flexibility index (Phi) is 3.96. The number of benzene rings is 2. The second-order valence-corrected chi connectivity index (χ2v) is 5.51. The van der Waals surface area contributed by atoms with Gasteiger partial charge in [0.15, 0.2) is 5.82 Å². The van der Waals surface area contributed by atoms with Crippen LogP contribution < -0.4 is 10.1 Å². The Morgan fingerprint density at radius 2 is 1.80 bits per heavy atom. The fourth-order valence-electron chi connectivity index (χ4n) is 2.61. The monoisotopic (exact) mass is 328 g/mol. The predicted molar refractivity (Wildman–Crippen MR) is 99.0 cm³/mol. The Balaban J connectivity index is 1.89. The third kappa shape index (κ3) is 3.12. The van der Waals surface area contributed by atoms with Crippen LogP contribution >= 0.6 is 0 Å². The number of nitrogens with zero attached hydrogens (tertiary/aromatic N) is 3. The van der Waals surface area contributed by atoms with Gasteiger partial charge in [0.1, 0.15) is 11.6 Å². The van der Waals surface area contributed by atoms with Crippen molar-refractivity contribution in [1.29, 1.82) is 0 Å². The average molecular weight is 328 g/mol. The maximum absolute atomic E-state index is 5.35. The van der Waals surface area contributed by atoms with Gasteiger partial charge >= 0.3 is 0 Å². The van der Waals surface area contributed by atoms with E-state index >= 15 is 0 Å². The van der Waals surface area contributed by atoms with Crippen molar-refractivity contribution in [2.75, 3.05) is 12.4 Å². The molecule has 1 N–H and O–H groups in total. The number of anilines is 2.